The summed E-state index contributed by atoms with van der Waals surface area (Å²) in [6.07, 6.45) is 4.55. The number of imide groups is 1. The number of fused-ring (bicyclic) bond motifs is 2. The summed E-state index contributed by atoms with van der Waals surface area (Å²) in [7, 11) is 1.66. The summed E-state index contributed by atoms with van der Waals surface area (Å²) >= 11 is 0. The molecule has 4 rings (SSSR count). The van der Waals surface area contributed by atoms with Crippen LogP contribution in [0.4, 0.5) is 0 Å². The fourth-order valence-corrected chi connectivity index (χ4v) is 4.49. The van der Waals surface area contributed by atoms with E-state index in [1.54, 1.807) is 7.11 Å². The molecule has 2 aliphatic rings. The van der Waals surface area contributed by atoms with E-state index in [0.717, 1.165) is 53.6 Å². The van der Waals surface area contributed by atoms with Gasteiger partial charge in [-0.05, 0) is 49.9 Å². The highest BCUT2D eigenvalue weighted by Crippen LogP contribution is 2.38. The number of likely N-dealkylation sites (tertiary alicyclic amines) is 1. The molecule has 2 fully saturated rings. The van der Waals surface area contributed by atoms with Crippen LogP contribution in [0.5, 0.6) is 5.75 Å². The maximum absolute atomic E-state index is 12.6. The van der Waals surface area contributed by atoms with E-state index in [9.17, 15) is 9.59 Å². The number of methoxy groups -OCH3 is 1. The minimum Gasteiger partial charge on any atom is -0.497 e. The Balaban J connectivity index is 1.57. The fourth-order valence-electron chi connectivity index (χ4n) is 4.49. The molecule has 2 heterocycles. The smallest absolute Gasteiger partial charge is 0.233 e. The molecule has 0 radical (unpaired) electrons. The number of amides is 2. The number of aryl methyl sites for hydroxylation is 1. The molecule has 0 unspecified atom stereocenters. The maximum atomic E-state index is 12.6. The van der Waals surface area contributed by atoms with Crippen LogP contribution in [-0.4, -0.2) is 35.4 Å². The third-order valence-electron chi connectivity index (χ3n) is 5.84. The van der Waals surface area contributed by atoms with Crippen molar-refractivity contribution >= 4 is 22.7 Å². The molecule has 2 aromatic rings. The van der Waals surface area contributed by atoms with Crippen molar-refractivity contribution < 1.29 is 14.3 Å². The lowest BCUT2D eigenvalue weighted by Crippen LogP contribution is -2.33. The minimum absolute atomic E-state index is 0.0461. The average Bonchev–Trinajstić information content (AvgIpc) is 3.07. The number of rotatable bonds is 4. The van der Waals surface area contributed by atoms with Crippen molar-refractivity contribution in [3.05, 3.63) is 29.5 Å². The molecule has 132 valence electrons. The van der Waals surface area contributed by atoms with Crippen LogP contribution in [0, 0.1) is 18.8 Å². The van der Waals surface area contributed by atoms with E-state index in [1.165, 1.54) is 4.90 Å². The summed E-state index contributed by atoms with van der Waals surface area (Å²) in [6, 6.07) is 5.95. The normalized spacial score (nSPS) is 23.4. The first-order valence-corrected chi connectivity index (χ1v) is 9.10. The molecule has 1 saturated carbocycles. The Hall–Kier alpha value is -2.30. The van der Waals surface area contributed by atoms with E-state index >= 15 is 0 Å². The van der Waals surface area contributed by atoms with Gasteiger partial charge in [0.15, 0.2) is 0 Å². The molecule has 2 amide bonds. The second-order valence-corrected chi connectivity index (χ2v) is 7.22. The van der Waals surface area contributed by atoms with Gasteiger partial charge >= 0.3 is 0 Å². The molecule has 1 N–H and O–H groups in total. The van der Waals surface area contributed by atoms with Gasteiger partial charge in [-0.1, -0.05) is 12.8 Å². The molecule has 5 nitrogen and oxygen atoms in total. The Labute approximate surface area is 147 Å². The number of nitrogens with zero attached hydrogens (tertiary/aromatic N) is 1. The van der Waals surface area contributed by atoms with Gasteiger partial charge in [0.05, 0.1) is 18.9 Å². The monoisotopic (exact) mass is 340 g/mol. The van der Waals surface area contributed by atoms with Crippen molar-refractivity contribution in [1.29, 1.82) is 0 Å². The van der Waals surface area contributed by atoms with Gasteiger partial charge in [0.25, 0.3) is 0 Å². The van der Waals surface area contributed by atoms with Crippen LogP contribution < -0.4 is 4.74 Å². The van der Waals surface area contributed by atoms with E-state index < -0.39 is 0 Å². The highest BCUT2D eigenvalue weighted by molar-refractivity contribution is 6.05. The second kappa shape index (κ2) is 6.21. The van der Waals surface area contributed by atoms with E-state index in [2.05, 4.69) is 4.98 Å². The number of aromatic amines is 1. The number of aromatic nitrogens is 1. The summed E-state index contributed by atoms with van der Waals surface area (Å²) in [4.78, 5) is 30.2. The van der Waals surface area contributed by atoms with Gasteiger partial charge in [-0.15, -0.1) is 0 Å². The van der Waals surface area contributed by atoms with Gasteiger partial charge in [-0.25, -0.2) is 0 Å². The van der Waals surface area contributed by atoms with Crippen LogP contribution >= 0.6 is 0 Å². The number of carbonyl (C=O) groups is 2. The molecule has 0 bridgehead atoms. The SMILES string of the molecule is COc1ccc2[nH]c(C)c(CCN3C(=O)[C@H]4CCCC[C@@H]4C3=O)c2c1. The number of nitrogens with one attached hydrogen (secondary N) is 1. The summed E-state index contributed by atoms with van der Waals surface area (Å²) < 4.78 is 5.33. The van der Waals surface area contributed by atoms with Crippen molar-refractivity contribution in [2.24, 2.45) is 11.8 Å². The van der Waals surface area contributed by atoms with Crippen molar-refractivity contribution in [3.8, 4) is 5.75 Å². The van der Waals surface area contributed by atoms with Crippen molar-refractivity contribution in [1.82, 2.24) is 9.88 Å². The van der Waals surface area contributed by atoms with Crippen LogP contribution in [0.25, 0.3) is 10.9 Å². The number of H-pyrrole nitrogens is 1. The third kappa shape index (κ3) is 2.62. The Morgan fingerprint density at radius 3 is 2.48 bits per heavy atom. The lowest BCUT2D eigenvalue weighted by atomic mass is 9.81. The zero-order valence-corrected chi connectivity index (χ0v) is 14.8. The number of carbonyl (C=O) groups excluding carboxylic acids is 2. The molecular weight excluding hydrogens is 316 g/mol. The molecule has 5 heteroatoms. The molecule has 1 aliphatic heterocycles. The van der Waals surface area contributed by atoms with Gasteiger partial charge in [0, 0.05) is 23.1 Å². The first kappa shape index (κ1) is 16.2. The summed E-state index contributed by atoms with van der Waals surface area (Å²) in [5, 5.41) is 1.10. The van der Waals surface area contributed by atoms with Gasteiger partial charge in [-0.2, -0.15) is 0 Å². The van der Waals surface area contributed by atoms with Gasteiger partial charge in [0.1, 0.15) is 5.75 Å². The first-order chi connectivity index (χ1) is 12.1. The molecule has 0 spiro atoms. The standard InChI is InChI=1S/C20H24N2O3/c1-12-14(17-11-13(25-2)7-8-18(17)21-12)9-10-22-19(23)15-5-3-4-6-16(15)20(22)24/h7-8,11,15-16,21H,3-6,9-10H2,1-2H3/t15-,16-/m0/s1. The van der Waals surface area contributed by atoms with Gasteiger partial charge < -0.3 is 9.72 Å². The number of hydrogen-bond donors (Lipinski definition) is 1. The zero-order valence-electron chi connectivity index (χ0n) is 14.8. The Bertz CT molecular complexity index is 815. The molecule has 1 aliphatic carbocycles. The van der Waals surface area contributed by atoms with E-state index in [0.29, 0.717) is 13.0 Å². The third-order valence-corrected chi connectivity index (χ3v) is 5.84. The van der Waals surface area contributed by atoms with Gasteiger partial charge in [0.2, 0.25) is 11.8 Å². The Kier molecular flexibility index (Phi) is 4.02. The minimum atomic E-state index is -0.0644. The van der Waals surface area contributed by atoms with Gasteiger partial charge in [-0.3, -0.25) is 14.5 Å². The van der Waals surface area contributed by atoms with E-state index in [4.69, 9.17) is 4.74 Å². The Morgan fingerprint density at radius 1 is 1.16 bits per heavy atom. The molecule has 2 atom stereocenters. The van der Waals surface area contributed by atoms with Crippen molar-refractivity contribution in [3.63, 3.8) is 0 Å². The second-order valence-electron chi connectivity index (χ2n) is 7.22. The maximum Gasteiger partial charge on any atom is 0.233 e. The first-order valence-electron chi connectivity index (χ1n) is 9.10. The van der Waals surface area contributed by atoms with Crippen molar-refractivity contribution in [2.75, 3.05) is 13.7 Å². The zero-order chi connectivity index (χ0) is 17.6. The molecular formula is C20H24N2O3. The predicted octanol–water partition coefficient (Wildman–Crippen LogP) is 3.20. The summed E-state index contributed by atoms with van der Waals surface area (Å²) in [5.74, 6) is 0.775. The lowest BCUT2D eigenvalue weighted by molar-refractivity contribution is -0.139. The van der Waals surface area contributed by atoms with Crippen LogP contribution in [0.2, 0.25) is 0 Å². The van der Waals surface area contributed by atoms with Crippen LogP contribution in [0.3, 0.4) is 0 Å². The number of hydrogen-bond acceptors (Lipinski definition) is 3. The highest BCUT2D eigenvalue weighted by atomic mass is 16.5. The summed E-state index contributed by atoms with van der Waals surface area (Å²) in [5.41, 5.74) is 3.30. The topological polar surface area (TPSA) is 62.4 Å². The number of benzene rings is 1. The lowest BCUT2D eigenvalue weighted by Gasteiger charge is -2.19. The summed E-state index contributed by atoms with van der Waals surface area (Å²) in [6.45, 7) is 2.50. The fraction of sp³-hybridized carbons (Fsp3) is 0.500. The predicted molar refractivity (Wildman–Crippen MR) is 95.5 cm³/mol. The van der Waals surface area contributed by atoms with E-state index in [1.807, 2.05) is 25.1 Å². The van der Waals surface area contributed by atoms with E-state index in [-0.39, 0.29) is 23.7 Å². The quantitative estimate of drug-likeness (QED) is 0.870. The Morgan fingerprint density at radius 2 is 1.84 bits per heavy atom. The molecule has 25 heavy (non-hydrogen) atoms. The molecule has 1 aromatic carbocycles. The van der Waals surface area contributed by atoms with Crippen LogP contribution in [0.15, 0.2) is 18.2 Å². The average molecular weight is 340 g/mol. The highest BCUT2D eigenvalue weighted by Gasteiger charge is 2.47. The molecule has 1 aromatic heterocycles. The van der Waals surface area contributed by atoms with Crippen LogP contribution in [0.1, 0.15) is 36.9 Å². The van der Waals surface area contributed by atoms with Crippen LogP contribution in [-0.2, 0) is 16.0 Å². The van der Waals surface area contributed by atoms with Crippen molar-refractivity contribution in [2.45, 2.75) is 39.0 Å². The largest absolute Gasteiger partial charge is 0.497 e. The number of ether oxygens (including phenoxy) is 1. The molecule has 1 saturated heterocycles.